The number of hydrogen-bond acceptors (Lipinski definition) is 4. The lowest BCUT2D eigenvalue weighted by molar-refractivity contribution is -0.145. The SMILES string of the molecule is CC(=O)OCC(=O)N(c1ccc(Cl)cc1)[C@@H]1C[C@H](C)N(C(=O)c2cc(C(F)(F)F)cc(C(F)(F)F)c2)c2ccccc21. The summed E-state index contributed by atoms with van der Waals surface area (Å²) in [5, 5.41) is 0.389. The molecule has 0 saturated carbocycles. The molecule has 0 radical (unpaired) electrons. The number of alkyl halides is 6. The van der Waals surface area contributed by atoms with Crippen LogP contribution in [0.15, 0.2) is 66.7 Å². The number of carbonyl (C=O) groups is 3. The Morgan fingerprint density at radius 2 is 1.50 bits per heavy atom. The number of nitrogens with zero attached hydrogens (tertiary/aromatic N) is 2. The maximum atomic E-state index is 13.7. The molecular formula is C29H23ClF6N2O4. The molecule has 1 aliphatic rings. The van der Waals surface area contributed by atoms with Gasteiger partial charge in [0.05, 0.1) is 17.2 Å². The van der Waals surface area contributed by atoms with Crippen molar-refractivity contribution in [1.82, 2.24) is 0 Å². The number of carbonyl (C=O) groups excluding carboxylic acids is 3. The molecule has 0 bridgehead atoms. The van der Waals surface area contributed by atoms with Gasteiger partial charge in [-0.15, -0.1) is 0 Å². The monoisotopic (exact) mass is 612 g/mol. The van der Waals surface area contributed by atoms with Crippen LogP contribution in [0.5, 0.6) is 0 Å². The zero-order valence-electron chi connectivity index (χ0n) is 22.1. The van der Waals surface area contributed by atoms with Crippen molar-refractivity contribution in [3.63, 3.8) is 0 Å². The van der Waals surface area contributed by atoms with Crippen LogP contribution in [0.25, 0.3) is 0 Å². The van der Waals surface area contributed by atoms with Crippen LogP contribution in [0.1, 0.15) is 53.4 Å². The summed E-state index contributed by atoms with van der Waals surface area (Å²) in [5.74, 6) is -2.37. The minimum absolute atomic E-state index is 0.0425. The molecule has 0 aliphatic carbocycles. The van der Waals surface area contributed by atoms with Gasteiger partial charge in [-0.3, -0.25) is 14.4 Å². The Morgan fingerprint density at radius 1 is 0.929 bits per heavy atom. The van der Waals surface area contributed by atoms with Gasteiger partial charge in [0.15, 0.2) is 6.61 Å². The number of anilines is 2. The minimum atomic E-state index is -5.13. The summed E-state index contributed by atoms with van der Waals surface area (Å²) in [7, 11) is 0. The average Bonchev–Trinajstić information content (AvgIpc) is 2.91. The van der Waals surface area contributed by atoms with Crippen molar-refractivity contribution < 1.29 is 45.5 Å². The molecule has 6 nitrogen and oxygen atoms in total. The summed E-state index contributed by atoms with van der Waals surface area (Å²) in [6, 6.07) is 11.7. The summed E-state index contributed by atoms with van der Waals surface area (Å²) < 4.78 is 85.9. The first-order valence-corrected chi connectivity index (χ1v) is 12.9. The molecule has 13 heteroatoms. The number of esters is 1. The van der Waals surface area contributed by atoms with Crippen molar-refractivity contribution in [3.8, 4) is 0 Å². The molecule has 2 atom stereocenters. The van der Waals surface area contributed by atoms with Crippen molar-refractivity contribution >= 4 is 40.8 Å². The molecule has 0 N–H and O–H groups in total. The third-order valence-corrected chi connectivity index (χ3v) is 6.95. The highest BCUT2D eigenvalue weighted by Crippen LogP contribution is 2.44. The first-order chi connectivity index (χ1) is 19.6. The van der Waals surface area contributed by atoms with Crippen LogP contribution in [-0.2, 0) is 26.7 Å². The van der Waals surface area contributed by atoms with E-state index in [2.05, 4.69) is 0 Å². The molecule has 1 aliphatic heterocycles. The normalized spacial score (nSPS) is 16.9. The van der Waals surface area contributed by atoms with E-state index in [0.717, 1.165) is 11.8 Å². The Balaban J connectivity index is 1.81. The van der Waals surface area contributed by atoms with Crippen molar-refractivity contribution in [2.45, 2.75) is 44.7 Å². The van der Waals surface area contributed by atoms with Gasteiger partial charge < -0.3 is 14.5 Å². The quantitative estimate of drug-likeness (QED) is 0.222. The van der Waals surface area contributed by atoms with Crippen LogP contribution in [0.2, 0.25) is 5.02 Å². The van der Waals surface area contributed by atoms with Crippen LogP contribution in [-0.4, -0.2) is 30.4 Å². The molecule has 3 aromatic carbocycles. The summed E-state index contributed by atoms with van der Waals surface area (Å²) >= 11 is 6.02. The van der Waals surface area contributed by atoms with Crippen molar-refractivity contribution in [2.75, 3.05) is 16.4 Å². The number of para-hydroxylation sites is 1. The number of amides is 2. The highest BCUT2D eigenvalue weighted by Gasteiger charge is 2.41. The topological polar surface area (TPSA) is 66.9 Å². The average molecular weight is 613 g/mol. The lowest BCUT2D eigenvalue weighted by atomic mass is 9.89. The second kappa shape index (κ2) is 11.7. The molecule has 3 aromatic rings. The predicted molar refractivity (Wildman–Crippen MR) is 142 cm³/mol. The molecule has 42 heavy (non-hydrogen) atoms. The molecule has 0 fully saturated rings. The van der Waals surface area contributed by atoms with Crippen LogP contribution in [0, 0.1) is 0 Å². The minimum Gasteiger partial charge on any atom is -0.456 e. The second-order valence-electron chi connectivity index (χ2n) is 9.65. The van der Waals surface area contributed by atoms with Crippen LogP contribution in [0.4, 0.5) is 37.7 Å². The molecule has 222 valence electrons. The van der Waals surface area contributed by atoms with Crippen LogP contribution >= 0.6 is 11.6 Å². The molecule has 4 rings (SSSR count). The second-order valence-corrected chi connectivity index (χ2v) is 10.1. The van der Waals surface area contributed by atoms with E-state index < -0.39 is 65.5 Å². The highest BCUT2D eigenvalue weighted by atomic mass is 35.5. The van der Waals surface area contributed by atoms with Gasteiger partial charge in [-0.25, -0.2) is 0 Å². The van der Waals surface area contributed by atoms with Crippen LogP contribution < -0.4 is 9.80 Å². The van der Waals surface area contributed by atoms with E-state index in [1.165, 1.54) is 11.0 Å². The summed E-state index contributed by atoms with van der Waals surface area (Å²) in [4.78, 5) is 40.9. The fourth-order valence-corrected chi connectivity index (χ4v) is 5.01. The zero-order chi connectivity index (χ0) is 31.0. The Morgan fingerprint density at radius 3 is 2.05 bits per heavy atom. The van der Waals surface area contributed by atoms with E-state index in [0.29, 0.717) is 28.4 Å². The number of benzene rings is 3. The van der Waals surface area contributed by atoms with Gasteiger partial charge in [0.2, 0.25) is 0 Å². The predicted octanol–water partition coefficient (Wildman–Crippen LogP) is 7.45. The maximum Gasteiger partial charge on any atom is 0.416 e. The van der Waals surface area contributed by atoms with Crippen molar-refractivity contribution in [2.24, 2.45) is 0 Å². The standard InChI is InChI=1S/C29H23ClF6N2O4/c1-16-11-25(38(26(40)15-42-17(2)39)22-9-7-21(30)8-10-22)23-5-3-4-6-24(23)37(16)27(41)18-12-19(28(31,32)33)14-20(13-18)29(34,35)36/h3-10,12-14,16,25H,11,15H2,1-2H3/t16-,25+/m0/s1. The maximum absolute atomic E-state index is 13.7. The van der Waals surface area contributed by atoms with Gasteiger partial charge in [-0.2, -0.15) is 26.3 Å². The highest BCUT2D eigenvalue weighted by molar-refractivity contribution is 6.30. The molecule has 2 amide bonds. The number of hydrogen-bond donors (Lipinski definition) is 0. The molecule has 0 unspecified atom stereocenters. The van der Waals surface area contributed by atoms with Gasteiger partial charge in [0, 0.05) is 34.9 Å². The van der Waals surface area contributed by atoms with Crippen molar-refractivity contribution in [1.29, 1.82) is 0 Å². The lowest BCUT2D eigenvalue weighted by Crippen LogP contribution is -2.48. The number of halogens is 7. The fourth-order valence-electron chi connectivity index (χ4n) is 4.89. The van der Waals surface area contributed by atoms with E-state index in [9.17, 15) is 40.7 Å². The Hall–Kier alpha value is -4.06. The third kappa shape index (κ3) is 6.53. The summed E-state index contributed by atoms with van der Waals surface area (Å²) in [6.07, 6.45) is -10.2. The number of fused-ring (bicyclic) bond motifs is 1. The fraction of sp³-hybridized carbons (Fsp3) is 0.276. The summed E-state index contributed by atoms with van der Waals surface area (Å²) in [6.45, 7) is 2.10. The van der Waals surface area contributed by atoms with E-state index >= 15 is 0 Å². The first-order valence-electron chi connectivity index (χ1n) is 12.5. The Bertz CT molecular complexity index is 1470. The van der Waals surface area contributed by atoms with E-state index in [1.54, 1.807) is 49.4 Å². The van der Waals surface area contributed by atoms with Gasteiger partial charge >= 0.3 is 18.3 Å². The number of ether oxygens (including phenoxy) is 1. The smallest absolute Gasteiger partial charge is 0.416 e. The van der Waals surface area contributed by atoms with E-state index in [1.807, 2.05) is 0 Å². The third-order valence-electron chi connectivity index (χ3n) is 6.70. The molecule has 0 aromatic heterocycles. The first kappa shape index (κ1) is 30.9. The van der Waals surface area contributed by atoms with Gasteiger partial charge in [-0.1, -0.05) is 29.8 Å². The molecule has 0 spiro atoms. The Labute approximate surface area is 241 Å². The van der Waals surface area contributed by atoms with E-state index in [4.69, 9.17) is 16.3 Å². The molecule has 1 heterocycles. The van der Waals surface area contributed by atoms with Gasteiger partial charge in [-0.05, 0) is 67.4 Å². The van der Waals surface area contributed by atoms with E-state index in [-0.39, 0.29) is 18.2 Å². The molecular weight excluding hydrogens is 590 g/mol. The largest absolute Gasteiger partial charge is 0.456 e. The lowest BCUT2D eigenvalue weighted by Gasteiger charge is -2.43. The van der Waals surface area contributed by atoms with Crippen molar-refractivity contribution in [3.05, 3.63) is 94.0 Å². The van der Waals surface area contributed by atoms with Crippen LogP contribution in [0.3, 0.4) is 0 Å². The van der Waals surface area contributed by atoms with Gasteiger partial charge in [0.25, 0.3) is 11.8 Å². The zero-order valence-corrected chi connectivity index (χ0v) is 22.8. The van der Waals surface area contributed by atoms with Gasteiger partial charge in [0.1, 0.15) is 0 Å². The Kier molecular flexibility index (Phi) is 8.58. The summed E-state index contributed by atoms with van der Waals surface area (Å²) in [5.41, 5.74) is -3.04. The molecule has 0 saturated heterocycles. The number of rotatable bonds is 5.